The van der Waals surface area contributed by atoms with Crippen molar-refractivity contribution in [3.63, 3.8) is 0 Å². The zero-order valence-electron chi connectivity index (χ0n) is 12.3. The second-order valence-corrected chi connectivity index (χ2v) is 9.47. The molecular formula is C12H21Br4O5P-2. The lowest BCUT2D eigenvalue weighted by Crippen LogP contribution is -2.38. The monoisotopic (exact) mass is 592 g/mol. The summed E-state index contributed by atoms with van der Waals surface area (Å²) in [6.07, 6.45) is 0.693. The Bertz CT molecular complexity index is 260. The van der Waals surface area contributed by atoms with Crippen LogP contribution in [0.5, 0.6) is 0 Å². The Kier molecular flexibility index (Phi) is 15.7. The molecule has 22 heavy (non-hydrogen) atoms. The van der Waals surface area contributed by atoms with Crippen molar-refractivity contribution < 1.29 is 23.8 Å². The van der Waals surface area contributed by atoms with E-state index >= 15 is 0 Å². The van der Waals surface area contributed by atoms with Crippen molar-refractivity contribution in [2.24, 2.45) is 5.41 Å². The fourth-order valence-corrected chi connectivity index (χ4v) is 2.64. The number of rotatable bonds is 14. The average molecular weight is 596 g/mol. The van der Waals surface area contributed by atoms with Gasteiger partial charge in [0, 0.05) is 25.7 Å². The molecule has 0 heterocycles. The summed E-state index contributed by atoms with van der Waals surface area (Å²) in [5.74, 6) is 0. The molecule has 0 aromatic heterocycles. The predicted molar refractivity (Wildman–Crippen MR) is 100 cm³/mol. The molecule has 0 saturated heterocycles. The van der Waals surface area contributed by atoms with Crippen molar-refractivity contribution in [1.82, 2.24) is 0 Å². The third-order valence-electron chi connectivity index (χ3n) is 2.97. The third kappa shape index (κ3) is 11.7. The molecule has 0 fully saturated rings. The lowest BCUT2D eigenvalue weighted by Gasteiger charge is -2.38. The molecule has 134 valence electrons. The molecule has 0 N–H and O–H groups in total. The summed E-state index contributed by atoms with van der Waals surface area (Å²) >= 11 is 13.7. The molecule has 0 amide bonds. The zero-order chi connectivity index (χ0) is 17.0. The molecule has 0 aromatic carbocycles. The Morgan fingerprint density at radius 1 is 0.955 bits per heavy atom. The predicted octanol–water partition coefficient (Wildman–Crippen LogP) is 2.70. The van der Waals surface area contributed by atoms with Gasteiger partial charge in [-0.1, -0.05) is 70.6 Å². The molecule has 2 atom stereocenters. The Morgan fingerprint density at radius 2 is 1.41 bits per heavy atom. The van der Waals surface area contributed by atoms with Gasteiger partial charge in [0.2, 0.25) is 0 Å². The molecule has 10 heteroatoms. The molecule has 0 saturated carbocycles. The minimum atomic E-state index is -2.88. The van der Waals surface area contributed by atoms with Crippen LogP contribution in [0.1, 0.15) is 13.3 Å². The van der Waals surface area contributed by atoms with E-state index in [1.807, 2.05) is 6.92 Å². The fourth-order valence-electron chi connectivity index (χ4n) is 1.52. The third-order valence-corrected chi connectivity index (χ3v) is 7.79. The van der Waals surface area contributed by atoms with E-state index in [4.69, 9.17) is 14.0 Å². The Hall–Kier alpha value is 2.15. The van der Waals surface area contributed by atoms with Crippen LogP contribution in [0.2, 0.25) is 0 Å². The second kappa shape index (κ2) is 14.3. The van der Waals surface area contributed by atoms with Crippen LogP contribution in [-0.4, -0.2) is 53.3 Å². The first-order chi connectivity index (χ1) is 10.4. The van der Waals surface area contributed by atoms with E-state index in [-0.39, 0.29) is 16.3 Å². The highest BCUT2D eigenvalue weighted by Crippen LogP contribution is 2.29. The molecule has 0 radical (unpaired) electrons. The number of alkyl halides is 4. The Balaban J connectivity index is 4.49. The van der Waals surface area contributed by atoms with Crippen LogP contribution < -0.4 is 9.79 Å². The van der Waals surface area contributed by atoms with Gasteiger partial charge in [-0.3, -0.25) is 0 Å². The highest BCUT2D eigenvalue weighted by atomic mass is 79.9. The van der Waals surface area contributed by atoms with Crippen molar-refractivity contribution in [3.05, 3.63) is 0 Å². The smallest absolute Gasteiger partial charge is 0.0599 e. The number of hydrogen-bond donors (Lipinski definition) is 0. The van der Waals surface area contributed by atoms with Crippen LogP contribution in [0, 0.1) is 5.41 Å². The van der Waals surface area contributed by atoms with Crippen molar-refractivity contribution in [3.8, 4) is 0 Å². The van der Waals surface area contributed by atoms with Gasteiger partial charge < -0.3 is 23.8 Å². The quantitative estimate of drug-likeness (QED) is 0.228. The zero-order valence-corrected chi connectivity index (χ0v) is 19.6. The first kappa shape index (κ1) is 24.1. The molecule has 0 aliphatic rings. The van der Waals surface area contributed by atoms with Gasteiger partial charge in [0.15, 0.2) is 0 Å². The fraction of sp³-hybridized carbons (Fsp3) is 1.00. The van der Waals surface area contributed by atoms with Crippen LogP contribution in [0.25, 0.3) is 0 Å². The molecule has 0 spiro atoms. The molecule has 0 rings (SSSR count). The SMILES string of the molecule is CCC(COCC(Br)CBr)(COCC(Br)CBr)COP([O-])[O-]. The molecule has 0 aliphatic heterocycles. The van der Waals surface area contributed by atoms with Crippen LogP contribution in [0.3, 0.4) is 0 Å². The van der Waals surface area contributed by atoms with Crippen LogP contribution in [0.15, 0.2) is 0 Å². The van der Waals surface area contributed by atoms with Crippen molar-refractivity contribution in [2.75, 3.05) is 43.7 Å². The van der Waals surface area contributed by atoms with Crippen LogP contribution in [-0.2, 0) is 14.0 Å². The van der Waals surface area contributed by atoms with Gasteiger partial charge in [-0.15, -0.1) is 0 Å². The standard InChI is InChI=1S/C12H21Br4O5P/c1-2-12(9-21-22(17)18,7-19-5-10(15)3-13)8-20-6-11(16)4-14/h10-11H,2-9H2,1H3/q-2. The Morgan fingerprint density at radius 3 is 1.73 bits per heavy atom. The lowest BCUT2D eigenvalue weighted by molar-refractivity contribution is -0.320. The van der Waals surface area contributed by atoms with Gasteiger partial charge >= 0.3 is 0 Å². The number of hydrogen-bond acceptors (Lipinski definition) is 5. The Labute approximate surface area is 167 Å². The maximum atomic E-state index is 10.7. The molecule has 5 nitrogen and oxygen atoms in total. The molecule has 0 bridgehead atoms. The first-order valence-corrected chi connectivity index (χ1v) is 11.9. The van der Waals surface area contributed by atoms with Gasteiger partial charge in [0.05, 0.1) is 33.0 Å². The van der Waals surface area contributed by atoms with E-state index in [2.05, 4.69) is 63.7 Å². The van der Waals surface area contributed by atoms with Crippen LogP contribution >= 0.6 is 72.3 Å². The van der Waals surface area contributed by atoms with Gasteiger partial charge in [0.25, 0.3) is 0 Å². The molecule has 2 unspecified atom stereocenters. The highest BCUT2D eigenvalue weighted by molar-refractivity contribution is 9.12. The maximum absolute atomic E-state index is 10.7. The average Bonchev–Trinajstić information content (AvgIpc) is 2.51. The van der Waals surface area contributed by atoms with Crippen molar-refractivity contribution in [1.29, 1.82) is 0 Å². The van der Waals surface area contributed by atoms with Crippen molar-refractivity contribution in [2.45, 2.75) is 23.0 Å². The van der Waals surface area contributed by atoms with E-state index < -0.39 is 14.0 Å². The van der Waals surface area contributed by atoms with E-state index in [0.29, 0.717) is 32.8 Å². The van der Waals surface area contributed by atoms with E-state index in [1.54, 1.807) is 0 Å². The topological polar surface area (TPSA) is 73.8 Å². The molecule has 0 aliphatic carbocycles. The minimum Gasteiger partial charge on any atom is -0.820 e. The van der Waals surface area contributed by atoms with Gasteiger partial charge in [-0.05, 0) is 6.42 Å². The second-order valence-electron chi connectivity index (χ2n) is 4.88. The lowest BCUT2D eigenvalue weighted by atomic mass is 9.88. The van der Waals surface area contributed by atoms with Gasteiger partial charge in [0.1, 0.15) is 0 Å². The summed E-state index contributed by atoms with van der Waals surface area (Å²) in [6, 6.07) is 0. The number of halogens is 4. The summed E-state index contributed by atoms with van der Waals surface area (Å²) in [5.41, 5.74) is -0.479. The summed E-state index contributed by atoms with van der Waals surface area (Å²) in [7, 11) is -2.88. The van der Waals surface area contributed by atoms with E-state index in [9.17, 15) is 9.79 Å². The van der Waals surface area contributed by atoms with Gasteiger partial charge in [-0.2, -0.15) is 8.60 Å². The van der Waals surface area contributed by atoms with E-state index in [1.165, 1.54) is 0 Å². The summed E-state index contributed by atoms with van der Waals surface area (Å²) in [6.45, 7) is 3.84. The maximum Gasteiger partial charge on any atom is 0.0599 e. The summed E-state index contributed by atoms with van der Waals surface area (Å²) in [4.78, 5) is 21.9. The first-order valence-electron chi connectivity index (χ1n) is 6.72. The van der Waals surface area contributed by atoms with Crippen LogP contribution in [0.4, 0.5) is 0 Å². The molecule has 0 aromatic rings. The summed E-state index contributed by atoms with van der Waals surface area (Å²) in [5, 5.41) is 1.56. The van der Waals surface area contributed by atoms with Gasteiger partial charge in [-0.25, -0.2) is 0 Å². The normalized spacial score (nSPS) is 17.5. The minimum absolute atomic E-state index is 0.0603. The van der Waals surface area contributed by atoms with E-state index in [0.717, 1.165) is 10.7 Å². The number of ether oxygens (including phenoxy) is 2. The molecular weight excluding hydrogens is 575 g/mol. The largest absolute Gasteiger partial charge is 0.820 e. The highest BCUT2D eigenvalue weighted by Gasteiger charge is 2.30. The van der Waals surface area contributed by atoms with Crippen molar-refractivity contribution >= 4 is 72.3 Å². The summed E-state index contributed by atoms with van der Waals surface area (Å²) < 4.78 is 16.2.